The summed E-state index contributed by atoms with van der Waals surface area (Å²) in [7, 11) is 2.66. The lowest BCUT2D eigenvalue weighted by Crippen LogP contribution is -2.00. The third-order valence-electron chi connectivity index (χ3n) is 2.25. The van der Waals surface area contributed by atoms with Crippen LogP contribution in [0, 0.1) is 0 Å². The third kappa shape index (κ3) is 2.41. The summed E-state index contributed by atoms with van der Waals surface area (Å²) in [4.78, 5) is 0. The average molecular weight is 232 g/mol. The van der Waals surface area contributed by atoms with E-state index in [4.69, 9.17) is 9.47 Å². The van der Waals surface area contributed by atoms with Crippen LogP contribution in [-0.4, -0.2) is 19.3 Å². The molecule has 0 spiro atoms. The van der Waals surface area contributed by atoms with E-state index in [1.165, 1.54) is 33.3 Å². The number of benzene rings is 1. The number of hydrogen-bond donors (Lipinski definition) is 1. The molecule has 0 bridgehead atoms. The van der Waals surface area contributed by atoms with Gasteiger partial charge in [0, 0.05) is 0 Å². The summed E-state index contributed by atoms with van der Waals surface area (Å²) in [6.07, 6.45) is -3.51. The molecule has 90 valence electrons. The molecule has 5 heteroatoms. The lowest BCUT2D eigenvalue weighted by atomic mass is 10.1. The van der Waals surface area contributed by atoms with Gasteiger partial charge in [-0.15, -0.1) is 0 Å². The van der Waals surface area contributed by atoms with E-state index in [9.17, 15) is 13.9 Å². The van der Waals surface area contributed by atoms with Gasteiger partial charge >= 0.3 is 0 Å². The lowest BCUT2D eigenvalue weighted by Gasteiger charge is -2.15. The van der Waals surface area contributed by atoms with Crippen molar-refractivity contribution >= 4 is 0 Å². The molecule has 0 saturated carbocycles. The minimum Gasteiger partial charge on any atom is -0.493 e. The standard InChI is InChI=1S/C11H14F2O3/c1-6(14)7-4-8(11(12)13)10(16-3)9(5-7)15-2/h4-6,11,14H,1-3H3. The first-order valence-electron chi connectivity index (χ1n) is 4.73. The third-order valence-corrected chi connectivity index (χ3v) is 2.25. The molecule has 1 aromatic rings. The van der Waals surface area contributed by atoms with Crippen LogP contribution in [0.4, 0.5) is 8.78 Å². The Morgan fingerprint density at radius 3 is 2.19 bits per heavy atom. The van der Waals surface area contributed by atoms with Crippen LogP contribution in [0.15, 0.2) is 12.1 Å². The molecular weight excluding hydrogens is 218 g/mol. The molecule has 0 aromatic heterocycles. The van der Waals surface area contributed by atoms with Gasteiger partial charge in [0.15, 0.2) is 11.5 Å². The highest BCUT2D eigenvalue weighted by molar-refractivity contribution is 5.50. The van der Waals surface area contributed by atoms with Crippen LogP contribution in [0.2, 0.25) is 0 Å². The molecule has 0 aliphatic carbocycles. The topological polar surface area (TPSA) is 38.7 Å². The normalized spacial score (nSPS) is 12.7. The molecule has 1 unspecified atom stereocenters. The van der Waals surface area contributed by atoms with Gasteiger partial charge in [-0.2, -0.15) is 0 Å². The van der Waals surface area contributed by atoms with Crippen molar-refractivity contribution in [2.45, 2.75) is 19.5 Å². The Hall–Kier alpha value is -1.36. The summed E-state index contributed by atoms with van der Waals surface area (Å²) >= 11 is 0. The predicted octanol–water partition coefficient (Wildman–Crippen LogP) is 2.69. The van der Waals surface area contributed by atoms with Gasteiger partial charge in [-0.1, -0.05) is 0 Å². The predicted molar refractivity (Wildman–Crippen MR) is 55.1 cm³/mol. The average Bonchev–Trinajstić information content (AvgIpc) is 2.26. The highest BCUT2D eigenvalue weighted by Crippen LogP contribution is 2.39. The van der Waals surface area contributed by atoms with Gasteiger partial charge in [-0.05, 0) is 24.6 Å². The Bertz CT molecular complexity index is 364. The molecule has 0 radical (unpaired) electrons. The molecule has 0 amide bonds. The number of hydrogen-bond acceptors (Lipinski definition) is 3. The summed E-state index contributed by atoms with van der Waals surface area (Å²) in [6.45, 7) is 1.50. The Labute approximate surface area is 92.6 Å². The van der Waals surface area contributed by atoms with Crippen molar-refractivity contribution in [1.29, 1.82) is 0 Å². The van der Waals surface area contributed by atoms with Crippen molar-refractivity contribution in [3.63, 3.8) is 0 Å². The number of rotatable bonds is 4. The van der Waals surface area contributed by atoms with E-state index in [2.05, 4.69) is 0 Å². The molecule has 0 aliphatic rings. The van der Waals surface area contributed by atoms with Gasteiger partial charge < -0.3 is 14.6 Å². The SMILES string of the molecule is COc1cc(C(C)O)cc(C(F)F)c1OC. The van der Waals surface area contributed by atoms with Crippen molar-refractivity contribution in [1.82, 2.24) is 0 Å². The van der Waals surface area contributed by atoms with Gasteiger partial charge in [0.1, 0.15) is 0 Å². The zero-order valence-electron chi connectivity index (χ0n) is 9.33. The van der Waals surface area contributed by atoms with Crippen LogP contribution < -0.4 is 9.47 Å². The summed E-state index contributed by atoms with van der Waals surface area (Å²) in [5, 5.41) is 9.37. The second-order valence-electron chi connectivity index (χ2n) is 3.32. The van der Waals surface area contributed by atoms with Gasteiger partial charge in [0.25, 0.3) is 6.43 Å². The van der Waals surface area contributed by atoms with Crippen LogP contribution in [0.1, 0.15) is 30.6 Å². The number of methoxy groups -OCH3 is 2. The summed E-state index contributed by atoms with van der Waals surface area (Å²) < 4.78 is 35.3. The van der Waals surface area contributed by atoms with E-state index < -0.39 is 12.5 Å². The van der Waals surface area contributed by atoms with E-state index in [1.807, 2.05) is 0 Å². The molecule has 1 aromatic carbocycles. The Morgan fingerprint density at radius 1 is 1.19 bits per heavy atom. The number of aliphatic hydroxyl groups is 1. The zero-order valence-corrected chi connectivity index (χ0v) is 9.33. The number of aliphatic hydroxyl groups excluding tert-OH is 1. The van der Waals surface area contributed by atoms with Crippen molar-refractivity contribution in [2.24, 2.45) is 0 Å². The molecule has 0 heterocycles. The van der Waals surface area contributed by atoms with E-state index in [0.717, 1.165) is 0 Å². The fraction of sp³-hybridized carbons (Fsp3) is 0.455. The fourth-order valence-corrected chi connectivity index (χ4v) is 1.42. The minimum atomic E-state index is -2.68. The van der Waals surface area contributed by atoms with Crippen LogP contribution >= 0.6 is 0 Å². The van der Waals surface area contributed by atoms with Crippen molar-refractivity contribution in [2.75, 3.05) is 14.2 Å². The lowest BCUT2D eigenvalue weighted by molar-refractivity contribution is 0.145. The van der Waals surface area contributed by atoms with Gasteiger partial charge in [-0.3, -0.25) is 0 Å². The number of ether oxygens (including phenoxy) is 2. The van der Waals surface area contributed by atoms with E-state index in [1.54, 1.807) is 0 Å². The summed E-state index contributed by atoms with van der Waals surface area (Å²) in [5.74, 6) is 0.193. The number of halogens is 2. The van der Waals surface area contributed by atoms with E-state index in [-0.39, 0.29) is 17.1 Å². The van der Waals surface area contributed by atoms with Gasteiger partial charge in [0.2, 0.25) is 0 Å². The second kappa shape index (κ2) is 5.12. The van der Waals surface area contributed by atoms with Crippen molar-refractivity contribution in [3.05, 3.63) is 23.3 Å². The molecule has 0 aliphatic heterocycles. The Balaban J connectivity index is 3.37. The summed E-state index contributed by atoms with van der Waals surface area (Å²) in [5.41, 5.74) is 0.0886. The van der Waals surface area contributed by atoms with Gasteiger partial charge in [0.05, 0.1) is 25.9 Å². The zero-order chi connectivity index (χ0) is 12.3. The van der Waals surface area contributed by atoms with Crippen molar-refractivity contribution < 1.29 is 23.4 Å². The second-order valence-corrected chi connectivity index (χ2v) is 3.32. The molecule has 0 saturated heterocycles. The number of alkyl halides is 2. The van der Waals surface area contributed by atoms with Gasteiger partial charge in [-0.25, -0.2) is 8.78 Å². The van der Waals surface area contributed by atoms with E-state index >= 15 is 0 Å². The molecular formula is C11H14F2O3. The van der Waals surface area contributed by atoms with Crippen LogP contribution in [0.25, 0.3) is 0 Å². The fourth-order valence-electron chi connectivity index (χ4n) is 1.42. The largest absolute Gasteiger partial charge is 0.493 e. The quantitative estimate of drug-likeness (QED) is 0.867. The molecule has 1 atom stereocenters. The first-order valence-corrected chi connectivity index (χ1v) is 4.73. The first-order chi connectivity index (χ1) is 7.51. The molecule has 16 heavy (non-hydrogen) atoms. The highest BCUT2D eigenvalue weighted by Gasteiger charge is 2.20. The summed E-state index contributed by atoms with van der Waals surface area (Å²) in [6, 6.07) is 2.70. The van der Waals surface area contributed by atoms with E-state index in [0.29, 0.717) is 5.56 Å². The molecule has 1 N–H and O–H groups in total. The first kappa shape index (κ1) is 12.7. The molecule has 3 nitrogen and oxygen atoms in total. The maximum Gasteiger partial charge on any atom is 0.267 e. The molecule has 1 rings (SSSR count). The highest BCUT2D eigenvalue weighted by atomic mass is 19.3. The Kier molecular flexibility index (Phi) is 4.06. The maximum absolute atomic E-state index is 12.8. The smallest absolute Gasteiger partial charge is 0.267 e. The Morgan fingerprint density at radius 2 is 1.81 bits per heavy atom. The van der Waals surface area contributed by atoms with Crippen LogP contribution in [-0.2, 0) is 0 Å². The molecule has 0 fully saturated rings. The van der Waals surface area contributed by atoms with Crippen molar-refractivity contribution in [3.8, 4) is 11.5 Å². The maximum atomic E-state index is 12.8. The monoisotopic (exact) mass is 232 g/mol. The van der Waals surface area contributed by atoms with Crippen LogP contribution in [0.3, 0.4) is 0 Å². The van der Waals surface area contributed by atoms with Crippen LogP contribution in [0.5, 0.6) is 11.5 Å². The minimum absolute atomic E-state index is 0.00176.